The molecule has 0 spiro atoms. The summed E-state index contributed by atoms with van der Waals surface area (Å²) in [6.07, 6.45) is 3.89. The molecule has 1 aromatic heterocycles. The molecule has 1 N–H and O–H groups in total. The summed E-state index contributed by atoms with van der Waals surface area (Å²) >= 11 is 0. The maximum atomic E-state index is 5.37. The van der Waals surface area contributed by atoms with Crippen LogP contribution in [0.2, 0.25) is 0 Å². The lowest BCUT2D eigenvalue weighted by atomic mass is 10.2. The number of hydrogen-bond acceptors (Lipinski definition) is 4. The van der Waals surface area contributed by atoms with Crippen molar-refractivity contribution in [3.8, 4) is 17.2 Å². The van der Waals surface area contributed by atoms with Gasteiger partial charge in [0.05, 0.1) is 11.9 Å². The Kier molecular flexibility index (Phi) is 3.16. The van der Waals surface area contributed by atoms with E-state index in [4.69, 9.17) is 9.47 Å². The predicted octanol–water partition coefficient (Wildman–Crippen LogP) is 3.21. The van der Waals surface area contributed by atoms with Crippen LogP contribution in [-0.2, 0) is 6.54 Å². The molecule has 0 amide bonds. The van der Waals surface area contributed by atoms with Crippen LogP contribution in [0.4, 0.5) is 5.69 Å². The predicted molar refractivity (Wildman–Crippen MR) is 83.5 cm³/mol. The molecule has 3 aromatic rings. The smallest absolute Gasteiger partial charge is 0.231 e. The SMILES string of the molecule is c1ccc(-n2cc(CNc3ccc4c(c3)OCO4)cn2)cc1. The topological polar surface area (TPSA) is 48.3 Å². The van der Waals surface area contributed by atoms with Crippen molar-refractivity contribution < 1.29 is 9.47 Å². The summed E-state index contributed by atoms with van der Waals surface area (Å²) < 4.78 is 12.6. The maximum Gasteiger partial charge on any atom is 0.231 e. The summed E-state index contributed by atoms with van der Waals surface area (Å²) in [6, 6.07) is 15.9. The lowest BCUT2D eigenvalue weighted by Gasteiger charge is -2.05. The zero-order chi connectivity index (χ0) is 14.8. The van der Waals surface area contributed by atoms with Gasteiger partial charge in [-0.15, -0.1) is 0 Å². The first kappa shape index (κ1) is 12.8. The zero-order valence-electron chi connectivity index (χ0n) is 11.9. The van der Waals surface area contributed by atoms with Gasteiger partial charge in [-0.1, -0.05) is 18.2 Å². The third-order valence-electron chi connectivity index (χ3n) is 3.53. The molecule has 0 bridgehead atoms. The second kappa shape index (κ2) is 5.44. The third kappa shape index (κ3) is 2.48. The summed E-state index contributed by atoms with van der Waals surface area (Å²) in [7, 11) is 0. The molecule has 4 rings (SSSR count). The molecule has 0 atom stereocenters. The van der Waals surface area contributed by atoms with Crippen molar-refractivity contribution in [1.82, 2.24) is 9.78 Å². The summed E-state index contributed by atoms with van der Waals surface area (Å²) in [5.74, 6) is 1.58. The number of para-hydroxylation sites is 1. The van der Waals surface area contributed by atoms with Crippen molar-refractivity contribution in [3.63, 3.8) is 0 Å². The lowest BCUT2D eigenvalue weighted by molar-refractivity contribution is 0.174. The standard InChI is InChI=1S/C17H15N3O2/c1-2-4-15(5-3-1)20-11-13(10-19-20)9-18-14-6-7-16-17(8-14)22-12-21-16/h1-8,10-11,18H,9,12H2. The van der Waals surface area contributed by atoms with Gasteiger partial charge >= 0.3 is 0 Å². The average Bonchev–Trinajstić information content (AvgIpc) is 3.22. The van der Waals surface area contributed by atoms with Gasteiger partial charge in [0, 0.05) is 30.1 Å². The van der Waals surface area contributed by atoms with Crippen molar-refractivity contribution in [1.29, 1.82) is 0 Å². The van der Waals surface area contributed by atoms with Gasteiger partial charge < -0.3 is 14.8 Å². The van der Waals surface area contributed by atoms with Gasteiger partial charge in [0.25, 0.3) is 0 Å². The van der Waals surface area contributed by atoms with Crippen molar-refractivity contribution >= 4 is 5.69 Å². The van der Waals surface area contributed by atoms with Crippen LogP contribution in [0.1, 0.15) is 5.56 Å². The highest BCUT2D eigenvalue weighted by Crippen LogP contribution is 2.34. The number of aromatic nitrogens is 2. The molecule has 1 aliphatic heterocycles. The Labute approximate surface area is 128 Å². The zero-order valence-corrected chi connectivity index (χ0v) is 11.9. The highest BCUT2D eigenvalue weighted by atomic mass is 16.7. The highest BCUT2D eigenvalue weighted by molar-refractivity contribution is 5.55. The monoisotopic (exact) mass is 293 g/mol. The molecule has 0 saturated carbocycles. The van der Waals surface area contributed by atoms with E-state index in [1.807, 2.05) is 65.6 Å². The fraction of sp³-hybridized carbons (Fsp3) is 0.118. The normalized spacial score (nSPS) is 12.4. The Bertz CT molecular complexity index is 784. The number of nitrogens with one attached hydrogen (secondary N) is 1. The largest absolute Gasteiger partial charge is 0.454 e. The van der Waals surface area contributed by atoms with Gasteiger partial charge in [0.15, 0.2) is 11.5 Å². The van der Waals surface area contributed by atoms with E-state index < -0.39 is 0 Å². The number of rotatable bonds is 4. The van der Waals surface area contributed by atoms with Crippen molar-refractivity contribution in [2.75, 3.05) is 12.1 Å². The van der Waals surface area contributed by atoms with Crippen LogP contribution in [0, 0.1) is 0 Å². The minimum atomic E-state index is 0.294. The molecule has 0 saturated heterocycles. The van der Waals surface area contributed by atoms with Crippen LogP contribution >= 0.6 is 0 Å². The second-order valence-electron chi connectivity index (χ2n) is 5.05. The number of hydrogen-bond donors (Lipinski definition) is 1. The molecule has 2 aromatic carbocycles. The van der Waals surface area contributed by atoms with Gasteiger partial charge in [-0.3, -0.25) is 0 Å². The van der Waals surface area contributed by atoms with Gasteiger partial charge in [-0.05, 0) is 24.3 Å². The van der Waals surface area contributed by atoms with Crippen LogP contribution in [0.15, 0.2) is 60.9 Å². The Morgan fingerprint density at radius 2 is 1.91 bits per heavy atom. The number of nitrogens with zero attached hydrogens (tertiary/aromatic N) is 2. The molecule has 110 valence electrons. The van der Waals surface area contributed by atoms with E-state index >= 15 is 0 Å². The Morgan fingerprint density at radius 1 is 1.05 bits per heavy atom. The van der Waals surface area contributed by atoms with Gasteiger partial charge in [-0.25, -0.2) is 4.68 Å². The van der Waals surface area contributed by atoms with Crippen LogP contribution in [0.25, 0.3) is 5.69 Å². The summed E-state index contributed by atoms with van der Waals surface area (Å²) in [6.45, 7) is 0.995. The molecule has 5 nitrogen and oxygen atoms in total. The van der Waals surface area contributed by atoms with Crippen LogP contribution < -0.4 is 14.8 Å². The summed E-state index contributed by atoms with van der Waals surface area (Å²) in [5.41, 5.74) is 3.16. The first-order valence-corrected chi connectivity index (χ1v) is 7.11. The van der Waals surface area contributed by atoms with E-state index in [0.29, 0.717) is 13.3 Å². The molecule has 0 fully saturated rings. The van der Waals surface area contributed by atoms with Crippen LogP contribution in [0.5, 0.6) is 11.5 Å². The second-order valence-corrected chi connectivity index (χ2v) is 5.05. The van der Waals surface area contributed by atoms with E-state index in [1.54, 1.807) is 0 Å². The first-order chi connectivity index (χ1) is 10.9. The minimum absolute atomic E-state index is 0.294. The number of fused-ring (bicyclic) bond motifs is 1. The summed E-state index contributed by atoms with van der Waals surface area (Å²) in [4.78, 5) is 0. The van der Waals surface area contributed by atoms with Crippen LogP contribution in [0.3, 0.4) is 0 Å². The van der Waals surface area contributed by atoms with E-state index in [2.05, 4.69) is 10.4 Å². The molecule has 0 radical (unpaired) electrons. The Balaban J connectivity index is 1.45. The number of ether oxygens (including phenoxy) is 2. The first-order valence-electron chi connectivity index (χ1n) is 7.11. The number of anilines is 1. The average molecular weight is 293 g/mol. The molecule has 0 aliphatic carbocycles. The summed E-state index contributed by atoms with van der Waals surface area (Å²) in [5, 5.41) is 7.76. The van der Waals surface area contributed by atoms with E-state index in [0.717, 1.165) is 28.4 Å². The molecule has 1 aliphatic rings. The van der Waals surface area contributed by atoms with E-state index in [9.17, 15) is 0 Å². The van der Waals surface area contributed by atoms with E-state index in [-0.39, 0.29) is 0 Å². The Hall–Kier alpha value is -2.95. The minimum Gasteiger partial charge on any atom is -0.454 e. The molecular weight excluding hydrogens is 278 g/mol. The van der Waals surface area contributed by atoms with Crippen molar-refractivity contribution in [2.24, 2.45) is 0 Å². The van der Waals surface area contributed by atoms with Gasteiger partial charge in [-0.2, -0.15) is 5.10 Å². The molecule has 0 unspecified atom stereocenters. The fourth-order valence-electron chi connectivity index (χ4n) is 2.38. The number of benzene rings is 2. The van der Waals surface area contributed by atoms with Crippen molar-refractivity contribution in [3.05, 3.63) is 66.5 Å². The van der Waals surface area contributed by atoms with E-state index in [1.165, 1.54) is 0 Å². The fourth-order valence-corrected chi connectivity index (χ4v) is 2.38. The lowest BCUT2D eigenvalue weighted by Crippen LogP contribution is -1.98. The molecule has 2 heterocycles. The van der Waals surface area contributed by atoms with Gasteiger partial charge in [0.2, 0.25) is 6.79 Å². The molecule has 5 heteroatoms. The van der Waals surface area contributed by atoms with Gasteiger partial charge in [0.1, 0.15) is 0 Å². The molecular formula is C17H15N3O2. The van der Waals surface area contributed by atoms with Crippen LogP contribution in [-0.4, -0.2) is 16.6 Å². The Morgan fingerprint density at radius 3 is 2.82 bits per heavy atom. The third-order valence-corrected chi connectivity index (χ3v) is 3.53. The molecule has 22 heavy (non-hydrogen) atoms. The van der Waals surface area contributed by atoms with Crippen molar-refractivity contribution in [2.45, 2.75) is 6.54 Å². The quantitative estimate of drug-likeness (QED) is 0.802. The maximum absolute atomic E-state index is 5.37. The highest BCUT2D eigenvalue weighted by Gasteiger charge is 2.13.